The molecule has 0 unspecified atom stereocenters. The van der Waals surface area contributed by atoms with Crippen LogP contribution in [0.1, 0.15) is 23.8 Å². The first-order chi connectivity index (χ1) is 9.20. The summed E-state index contributed by atoms with van der Waals surface area (Å²) in [6, 6.07) is 0. The molecule has 0 radical (unpaired) electrons. The van der Waals surface area contributed by atoms with Crippen molar-refractivity contribution in [2.45, 2.75) is 13.3 Å². The van der Waals surface area contributed by atoms with Gasteiger partial charge in [-0.1, -0.05) is 6.92 Å². The van der Waals surface area contributed by atoms with Gasteiger partial charge in [0.05, 0.1) is 13.2 Å². The summed E-state index contributed by atoms with van der Waals surface area (Å²) in [5.74, 6) is -0.644. The van der Waals surface area contributed by atoms with Crippen molar-refractivity contribution in [3.05, 3.63) is 11.1 Å². The Kier molecular flexibility index (Phi) is 4.69. The van der Waals surface area contributed by atoms with E-state index in [1.807, 2.05) is 0 Å². The van der Waals surface area contributed by atoms with Gasteiger partial charge in [-0.15, -0.1) is 11.3 Å². The lowest BCUT2D eigenvalue weighted by atomic mass is 10.4. The molecule has 1 saturated heterocycles. The molecule has 2 amide bonds. The molecule has 104 valence electrons. The molecule has 19 heavy (non-hydrogen) atoms. The van der Waals surface area contributed by atoms with Crippen LogP contribution in [0, 0.1) is 0 Å². The van der Waals surface area contributed by atoms with Gasteiger partial charge in [-0.25, -0.2) is 4.98 Å². The van der Waals surface area contributed by atoms with Crippen molar-refractivity contribution >= 4 is 28.3 Å². The predicted octanol–water partition coefficient (Wildman–Crippen LogP) is 0.151. The Bertz CT molecular complexity index is 457. The lowest BCUT2D eigenvalue weighted by molar-refractivity contribution is -0.121. The Morgan fingerprint density at radius 1 is 1.42 bits per heavy atom. The van der Waals surface area contributed by atoms with Crippen LogP contribution in [0.2, 0.25) is 0 Å². The number of hydrogen-bond acceptors (Lipinski definition) is 6. The third-order valence-electron chi connectivity index (χ3n) is 2.64. The fourth-order valence-electron chi connectivity index (χ4n) is 1.55. The molecule has 1 fully saturated rings. The Morgan fingerprint density at radius 3 is 2.84 bits per heavy atom. The van der Waals surface area contributed by atoms with Crippen molar-refractivity contribution < 1.29 is 14.3 Å². The molecule has 0 spiro atoms. The number of amides is 2. The number of hydrogen-bond donors (Lipinski definition) is 2. The molecular weight excluding hydrogens is 268 g/mol. The lowest BCUT2D eigenvalue weighted by Gasteiger charge is -2.25. The Balaban J connectivity index is 1.92. The molecule has 0 aromatic carbocycles. The van der Waals surface area contributed by atoms with E-state index in [0.717, 1.165) is 18.2 Å². The number of carbonyl (C=O) groups is 2. The van der Waals surface area contributed by atoms with Gasteiger partial charge in [-0.2, -0.15) is 0 Å². The summed E-state index contributed by atoms with van der Waals surface area (Å²) in [6.07, 6.45) is 0.316. The average molecular weight is 284 g/mol. The summed E-state index contributed by atoms with van der Waals surface area (Å²) in [6.45, 7) is 4.62. The van der Waals surface area contributed by atoms with Crippen molar-refractivity contribution in [2.75, 3.05) is 31.2 Å². The maximum atomic E-state index is 11.7. The van der Waals surface area contributed by atoms with Gasteiger partial charge < -0.3 is 9.64 Å². The predicted molar refractivity (Wildman–Crippen MR) is 71.0 cm³/mol. The van der Waals surface area contributed by atoms with Crippen LogP contribution < -0.4 is 15.8 Å². The number of hydrazine groups is 1. The highest BCUT2D eigenvalue weighted by Gasteiger charge is 2.17. The number of rotatable bonds is 3. The SMILES string of the molecule is CCC(=O)NNC(=O)c1csc(N2CCOCC2)n1. The number of carbonyl (C=O) groups excluding carboxylic acids is 2. The van der Waals surface area contributed by atoms with E-state index in [0.29, 0.717) is 25.3 Å². The second-order valence-electron chi connectivity index (χ2n) is 3.97. The zero-order valence-electron chi connectivity index (χ0n) is 10.6. The monoisotopic (exact) mass is 284 g/mol. The second kappa shape index (κ2) is 6.48. The zero-order chi connectivity index (χ0) is 13.7. The van der Waals surface area contributed by atoms with Crippen LogP contribution in [0.15, 0.2) is 5.38 Å². The maximum Gasteiger partial charge on any atom is 0.289 e. The molecule has 2 rings (SSSR count). The van der Waals surface area contributed by atoms with Gasteiger partial charge in [0.15, 0.2) is 5.13 Å². The van der Waals surface area contributed by atoms with Gasteiger partial charge in [-0.3, -0.25) is 20.4 Å². The standard InChI is InChI=1S/C11H16N4O3S/c1-2-9(16)13-14-10(17)8-7-19-11(12-8)15-3-5-18-6-4-15/h7H,2-6H2,1H3,(H,13,16)(H,14,17). The van der Waals surface area contributed by atoms with Crippen LogP contribution in [0.4, 0.5) is 5.13 Å². The molecule has 0 atom stereocenters. The molecule has 1 aromatic heterocycles. The first-order valence-corrected chi connectivity index (χ1v) is 6.96. The highest BCUT2D eigenvalue weighted by Crippen LogP contribution is 2.21. The minimum absolute atomic E-state index is 0.239. The zero-order valence-corrected chi connectivity index (χ0v) is 11.5. The molecular formula is C11H16N4O3S. The van der Waals surface area contributed by atoms with E-state index < -0.39 is 5.91 Å². The van der Waals surface area contributed by atoms with Gasteiger partial charge >= 0.3 is 0 Å². The van der Waals surface area contributed by atoms with Crippen LogP contribution in [0.3, 0.4) is 0 Å². The van der Waals surface area contributed by atoms with E-state index in [1.54, 1.807) is 12.3 Å². The molecule has 7 nitrogen and oxygen atoms in total. The Labute approximate surface area is 114 Å². The van der Waals surface area contributed by atoms with E-state index in [-0.39, 0.29) is 5.91 Å². The first kappa shape index (κ1) is 13.8. The number of anilines is 1. The van der Waals surface area contributed by atoms with Crippen LogP contribution in [0.5, 0.6) is 0 Å². The van der Waals surface area contributed by atoms with E-state index >= 15 is 0 Å². The normalized spacial score (nSPS) is 15.1. The van der Waals surface area contributed by atoms with E-state index in [1.165, 1.54) is 11.3 Å². The maximum absolute atomic E-state index is 11.7. The number of aromatic nitrogens is 1. The largest absolute Gasteiger partial charge is 0.378 e. The highest BCUT2D eigenvalue weighted by atomic mass is 32.1. The highest BCUT2D eigenvalue weighted by molar-refractivity contribution is 7.13. The summed E-state index contributed by atoms with van der Waals surface area (Å²) in [4.78, 5) is 29.1. The number of thiazole rings is 1. The summed E-state index contributed by atoms with van der Waals surface area (Å²) in [7, 11) is 0. The van der Waals surface area contributed by atoms with Crippen molar-refractivity contribution in [2.24, 2.45) is 0 Å². The van der Waals surface area contributed by atoms with Crippen molar-refractivity contribution in [3.8, 4) is 0 Å². The quantitative estimate of drug-likeness (QED) is 0.772. The van der Waals surface area contributed by atoms with E-state index in [9.17, 15) is 9.59 Å². The average Bonchev–Trinajstić information content (AvgIpc) is 2.95. The van der Waals surface area contributed by atoms with E-state index in [4.69, 9.17) is 4.74 Å². The van der Waals surface area contributed by atoms with Gasteiger partial charge in [0, 0.05) is 24.9 Å². The fraction of sp³-hybridized carbons (Fsp3) is 0.545. The van der Waals surface area contributed by atoms with Crippen LogP contribution in [-0.4, -0.2) is 43.1 Å². The van der Waals surface area contributed by atoms with Crippen molar-refractivity contribution in [1.82, 2.24) is 15.8 Å². The summed E-state index contributed by atoms with van der Waals surface area (Å²) in [5, 5.41) is 2.48. The minimum Gasteiger partial charge on any atom is -0.378 e. The summed E-state index contributed by atoms with van der Waals surface area (Å²) < 4.78 is 5.26. The third kappa shape index (κ3) is 3.65. The molecule has 8 heteroatoms. The van der Waals surface area contributed by atoms with Crippen molar-refractivity contribution in [1.29, 1.82) is 0 Å². The van der Waals surface area contributed by atoms with Crippen molar-refractivity contribution in [3.63, 3.8) is 0 Å². The van der Waals surface area contributed by atoms with Crippen LogP contribution in [0.25, 0.3) is 0 Å². The fourth-order valence-corrected chi connectivity index (χ4v) is 2.41. The molecule has 2 N–H and O–H groups in total. The molecule has 0 saturated carbocycles. The Morgan fingerprint density at radius 2 is 2.16 bits per heavy atom. The third-order valence-corrected chi connectivity index (χ3v) is 3.54. The molecule has 1 aliphatic heterocycles. The minimum atomic E-state index is -0.405. The topological polar surface area (TPSA) is 83.6 Å². The number of ether oxygens (including phenoxy) is 1. The van der Waals surface area contributed by atoms with E-state index in [2.05, 4.69) is 20.7 Å². The molecule has 1 aromatic rings. The second-order valence-corrected chi connectivity index (χ2v) is 4.81. The van der Waals surface area contributed by atoms with Crippen LogP contribution >= 0.6 is 11.3 Å². The van der Waals surface area contributed by atoms with Crippen LogP contribution in [-0.2, 0) is 9.53 Å². The first-order valence-electron chi connectivity index (χ1n) is 6.08. The molecule has 1 aliphatic rings. The molecule has 0 bridgehead atoms. The van der Waals surface area contributed by atoms with Gasteiger partial charge in [0.25, 0.3) is 5.91 Å². The summed E-state index contributed by atoms with van der Waals surface area (Å²) >= 11 is 1.41. The lowest BCUT2D eigenvalue weighted by Crippen LogP contribution is -2.41. The summed E-state index contributed by atoms with van der Waals surface area (Å²) in [5.41, 5.74) is 4.95. The Hall–Kier alpha value is -1.67. The number of nitrogens with zero attached hydrogens (tertiary/aromatic N) is 2. The smallest absolute Gasteiger partial charge is 0.289 e. The molecule has 2 heterocycles. The molecule has 0 aliphatic carbocycles. The van der Waals surface area contributed by atoms with Gasteiger partial charge in [0.2, 0.25) is 5.91 Å². The number of nitrogens with one attached hydrogen (secondary N) is 2. The number of morpholine rings is 1. The van der Waals surface area contributed by atoms with Gasteiger partial charge in [-0.05, 0) is 0 Å². The van der Waals surface area contributed by atoms with Gasteiger partial charge in [0.1, 0.15) is 5.69 Å².